The van der Waals surface area contributed by atoms with Crippen LogP contribution in [0.4, 0.5) is 10.1 Å². The van der Waals surface area contributed by atoms with Crippen LogP contribution in [0.15, 0.2) is 41.3 Å². The minimum atomic E-state index is -3.80. The molecule has 0 radical (unpaired) electrons. The maximum absolute atomic E-state index is 13.3. The molecule has 0 spiro atoms. The first-order valence-electron chi connectivity index (χ1n) is 5.79. The number of benzene rings is 2. The van der Waals surface area contributed by atoms with Crippen LogP contribution in [0.1, 0.15) is 11.1 Å². The molecule has 2 N–H and O–H groups in total. The van der Waals surface area contributed by atoms with Gasteiger partial charge in [-0.1, -0.05) is 11.6 Å². The van der Waals surface area contributed by atoms with E-state index < -0.39 is 21.4 Å². The molecule has 0 fully saturated rings. The van der Waals surface area contributed by atoms with Crippen molar-refractivity contribution >= 4 is 27.1 Å². The quantitative estimate of drug-likeness (QED) is 0.880. The van der Waals surface area contributed by atoms with E-state index in [9.17, 15) is 12.8 Å². The molecule has 2 rings (SSSR count). The summed E-state index contributed by atoms with van der Waals surface area (Å²) in [5, 5.41) is 8.82. The van der Waals surface area contributed by atoms with Gasteiger partial charge in [-0.15, -0.1) is 0 Å². The molecule has 0 aromatic heterocycles. The lowest BCUT2D eigenvalue weighted by Gasteiger charge is -2.08. The van der Waals surface area contributed by atoms with Crippen LogP contribution < -0.4 is 5.73 Å². The summed E-state index contributed by atoms with van der Waals surface area (Å²) in [4.78, 5) is -0.119. The molecule has 21 heavy (non-hydrogen) atoms. The summed E-state index contributed by atoms with van der Waals surface area (Å²) >= 11 is 5.88. The minimum absolute atomic E-state index is 0.0427. The maximum atomic E-state index is 13.3. The number of nitriles is 1. The third-order valence-corrected chi connectivity index (χ3v) is 4.90. The van der Waals surface area contributed by atoms with Gasteiger partial charge in [-0.05, 0) is 42.0 Å². The fourth-order valence-corrected chi connectivity index (χ4v) is 3.77. The smallest absolute Gasteiger partial charge is 0.184 e. The largest absolute Gasteiger partial charge is 0.399 e. The van der Waals surface area contributed by atoms with Gasteiger partial charge in [0.15, 0.2) is 9.84 Å². The zero-order valence-corrected chi connectivity index (χ0v) is 12.2. The summed E-state index contributed by atoms with van der Waals surface area (Å²) in [5.74, 6) is -1.14. The highest BCUT2D eigenvalue weighted by Crippen LogP contribution is 2.27. The Bertz CT molecular complexity index is 845. The number of sulfone groups is 1. The van der Waals surface area contributed by atoms with Crippen molar-refractivity contribution in [3.8, 4) is 6.07 Å². The monoisotopic (exact) mass is 324 g/mol. The SMILES string of the molecule is N#Cc1cc(F)cc(CS(=O)(=O)c2cc(N)ccc2Cl)c1. The Morgan fingerprint density at radius 3 is 2.62 bits per heavy atom. The number of halogens is 2. The Morgan fingerprint density at radius 2 is 1.95 bits per heavy atom. The molecule has 2 aromatic carbocycles. The van der Waals surface area contributed by atoms with Gasteiger partial charge < -0.3 is 5.73 Å². The summed E-state index contributed by atoms with van der Waals surface area (Å²) in [6.45, 7) is 0. The fraction of sp³-hybridized carbons (Fsp3) is 0.0714. The zero-order valence-electron chi connectivity index (χ0n) is 10.7. The van der Waals surface area contributed by atoms with Crippen LogP contribution in [0, 0.1) is 17.1 Å². The van der Waals surface area contributed by atoms with Crippen molar-refractivity contribution in [3.63, 3.8) is 0 Å². The molecule has 0 unspecified atom stereocenters. The van der Waals surface area contributed by atoms with Gasteiger partial charge in [0.25, 0.3) is 0 Å². The summed E-state index contributed by atoms with van der Waals surface area (Å²) in [5.41, 5.74) is 6.05. The second kappa shape index (κ2) is 5.72. The Kier molecular flexibility index (Phi) is 4.16. The number of hydrogen-bond acceptors (Lipinski definition) is 4. The van der Waals surface area contributed by atoms with Crippen molar-refractivity contribution < 1.29 is 12.8 Å². The Balaban J connectivity index is 2.45. The Morgan fingerprint density at radius 1 is 1.24 bits per heavy atom. The van der Waals surface area contributed by atoms with Crippen molar-refractivity contribution in [1.29, 1.82) is 5.26 Å². The third-order valence-electron chi connectivity index (χ3n) is 2.73. The molecule has 0 saturated carbocycles. The normalized spacial score (nSPS) is 11.1. The molecular formula is C14H10ClFN2O2S. The van der Waals surface area contributed by atoms with Crippen LogP contribution in [-0.2, 0) is 15.6 Å². The second-order valence-electron chi connectivity index (χ2n) is 4.41. The number of rotatable bonds is 3. The first-order chi connectivity index (χ1) is 9.81. The van der Waals surface area contributed by atoms with E-state index in [1.165, 1.54) is 24.3 Å². The molecule has 0 amide bonds. The van der Waals surface area contributed by atoms with Gasteiger partial charge in [-0.2, -0.15) is 5.26 Å². The number of nitrogens with two attached hydrogens (primary N) is 1. The molecule has 0 aliphatic heterocycles. The fourth-order valence-electron chi connectivity index (χ4n) is 1.85. The van der Waals surface area contributed by atoms with Gasteiger partial charge in [0.2, 0.25) is 0 Å². The molecule has 4 nitrogen and oxygen atoms in total. The van der Waals surface area contributed by atoms with Crippen molar-refractivity contribution in [2.75, 3.05) is 5.73 Å². The number of hydrogen-bond donors (Lipinski definition) is 1. The van der Waals surface area contributed by atoms with Crippen LogP contribution in [0.3, 0.4) is 0 Å². The first-order valence-corrected chi connectivity index (χ1v) is 7.82. The van der Waals surface area contributed by atoms with Gasteiger partial charge in [0, 0.05) is 5.69 Å². The van der Waals surface area contributed by atoms with Crippen LogP contribution in [0.5, 0.6) is 0 Å². The number of anilines is 1. The van der Waals surface area contributed by atoms with E-state index in [1.54, 1.807) is 6.07 Å². The van der Waals surface area contributed by atoms with E-state index in [-0.39, 0.29) is 26.7 Å². The highest BCUT2D eigenvalue weighted by molar-refractivity contribution is 7.90. The summed E-state index contributed by atoms with van der Waals surface area (Å²) in [7, 11) is -3.80. The van der Waals surface area contributed by atoms with E-state index in [1.807, 2.05) is 0 Å². The highest BCUT2D eigenvalue weighted by Gasteiger charge is 2.20. The van der Waals surface area contributed by atoms with E-state index in [0.717, 1.165) is 12.1 Å². The lowest BCUT2D eigenvalue weighted by Crippen LogP contribution is -2.07. The first kappa shape index (κ1) is 15.3. The molecule has 0 bridgehead atoms. The molecule has 108 valence electrons. The van der Waals surface area contributed by atoms with E-state index in [4.69, 9.17) is 22.6 Å². The molecule has 2 aromatic rings. The number of nitrogen functional groups attached to an aromatic ring is 1. The van der Waals surface area contributed by atoms with E-state index >= 15 is 0 Å². The average molecular weight is 325 g/mol. The van der Waals surface area contributed by atoms with Crippen LogP contribution in [0.25, 0.3) is 0 Å². The van der Waals surface area contributed by atoms with Gasteiger partial charge in [-0.25, -0.2) is 12.8 Å². The lowest BCUT2D eigenvalue weighted by molar-refractivity contribution is 0.594. The van der Waals surface area contributed by atoms with Gasteiger partial charge >= 0.3 is 0 Å². The predicted octanol–water partition coefficient (Wildman–Crippen LogP) is 2.91. The van der Waals surface area contributed by atoms with Gasteiger partial charge in [-0.3, -0.25) is 0 Å². The van der Waals surface area contributed by atoms with Crippen molar-refractivity contribution in [3.05, 3.63) is 58.4 Å². The van der Waals surface area contributed by atoms with Crippen LogP contribution >= 0.6 is 11.6 Å². The highest BCUT2D eigenvalue weighted by atomic mass is 35.5. The summed E-state index contributed by atoms with van der Waals surface area (Å²) in [6.07, 6.45) is 0. The average Bonchev–Trinajstić information content (AvgIpc) is 2.40. The molecule has 0 atom stereocenters. The zero-order chi connectivity index (χ0) is 15.6. The van der Waals surface area contributed by atoms with Crippen LogP contribution in [0.2, 0.25) is 5.02 Å². The maximum Gasteiger partial charge on any atom is 0.184 e. The molecule has 0 aliphatic carbocycles. The van der Waals surface area contributed by atoms with Crippen molar-refractivity contribution in [2.45, 2.75) is 10.6 Å². The summed E-state index contributed by atoms with van der Waals surface area (Å²) < 4.78 is 38.0. The van der Waals surface area contributed by atoms with Gasteiger partial charge in [0.05, 0.1) is 27.3 Å². The summed E-state index contributed by atoms with van der Waals surface area (Å²) in [6, 6.07) is 9.31. The lowest BCUT2D eigenvalue weighted by atomic mass is 10.1. The van der Waals surface area contributed by atoms with Crippen molar-refractivity contribution in [2.24, 2.45) is 0 Å². The number of nitrogens with zero attached hydrogens (tertiary/aromatic N) is 1. The van der Waals surface area contributed by atoms with Gasteiger partial charge in [0.1, 0.15) is 5.82 Å². The second-order valence-corrected chi connectivity index (χ2v) is 6.77. The van der Waals surface area contributed by atoms with Crippen LogP contribution in [-0.4, -0.2) is 8.42 Å². The molecule has 0 heterocycles. The Hall–Kier alpha value is -2.10. The third kappa shape index (κ3) is 3.51. The Labute approximate surface area is 126 Å². The molecule has 0 aliphatic rings. The standard InChI is InChI=1S/C14H10ClFN2O2S/c15-13-2-1-12(18)6-14(13)21(19,20)8-10-3-9(7-17)4-11(16)5-10/h1-6H,8,18H2. The molecular weight excluding hydrogens is 315 g/mol. The predicted molar refractivity (Wildman–Crippen MR) is 77.9 cm³/mol. The topological polar surface area (TPSA) is 84.0 Å². The molecule has 7 heteroatoms. The minimum Gasteiger partial charge on any atom is -0.399 e. The van der Waals surface area contributed by atoms with Crippen molar-refractivity contribution in [1.82, 2.24) is 0 Å². The molecule has 0 saturated heterocycles. The van der Waals surface area contributed by atoms with E-state index in [2.05, 4.69) is 0 Å². The van der Waals surface area contributed by atoms with E-state index in [0.29, 0.717) is 0 Å².